The molecule has 0 spiro atoms. The molecule has 1 aromatic heterocycles. The van der Waals surface area contributed by atoms with Crippen LogP contribution in [-0.4, -0.2) is 30.9 Å². The Morgan fingerprint density at radius 1 is 1.17 bits per heavy atom. The van der Waals surface area contributed by atoms with Crippen molar-refractivity contribution in [1.82, 2.24) is 10.6 Å². The molecular weight excluding hydrogens is 300 g/mol. The maximum absolute atomic E-state index is 11.9. The van der Waals surface area contributed by atoms with Gasteiger partial charge in [-0.25, -0.2) is 0 Å². The molecule has 1 aliphatic carbocycles. The molecular formula is C16H22N2O5. The first-order chi connectivity index (χ1) is 11.1. The van der Waals surface area contributed by atoms with Crippen LogP contribution in [0.1, 0.15) is 37.9 Å². The van der Waals surface area contributed by atoms with Crippen LogP contribution in [-0.2, 0) is 25.7 Å². The molecule has 126 valence electrons. The molecule has 0 aromatic carbocycles. The molecule has 2 amide bonds. The van der Waals surface area contributed by atoms with Gasteiger partial charge < -0.3 is 19.8 Å². The summed E-state index contributed by atoms with van der Waals surface area (Å²) in [5.74, 6) is -0.544. The van der Waals surface area contributed by atoms with Crippen molar-refractivity contribution in [3.05, 3.63) is 24.2 Å². The SMILES string of the molecule is O=C(COC(=O)CNC(=O)C1CCCCC1)NCc1ccco1. The zero-order valence-electron chi connectivity index (χ0n) is 13.0. The summed E-state index contributed by atoms with van der Waals surface area (Å²) in [5, 5.41) is 5.13. The lowest BCUT2D eigenvalue weighted by Crippen LogP contribution is -2.37. The van der Waals surface area contributed by atoms with E-state index in [0.29, 0.717) is 5.76 Å². The molecule has 1 fully saturated rings. The van der Waals surface area contributed by atoms with Crippen molar-refractivity contribution in [3.8, 4) is 0 Å². The van der Waals surface area contributed by atoms with Gasteiger partial charge in [0.15, 0.2) is 6.61 Å². The molecule has 1 heterocycles. The Labute approximate surface area is 134 Å². The van der Waals surface area contributed by atoms with E-state index in [2.05, 4.69) is 10.6 Å². The van der Waals surface area contributed by atoms with E-state index in [1.807, 2.05) is 0 Å². The Kier molecular flexibility index (Phi) is 6.65. The fourth-order valence-electron chi connectivity index (χ4n) is 2.52. The number of hydrogen-bond acceptors (Lipinski definition) is 5. The topological polar surface area (TPSA) is 97.6 Å². The summed E-state index contributed by atoms with van der Waals surface area (Å²) < 4.78 is 9.88. The average Bonchev–Trinajstić information content (AvgIpc) is 3.10. The molecule has 1 saturated carbocycles. The number of amides is 2. The number of furan rings is 1. The lowest BCUT2D eigenvalue weighted by molar-refractivity contribution is -0.148. The van der Waals surface area contributed by atoms with Crippen LogP contribution in [0.5, 0.6) is 0 Å². The maximum atomic E-state index is 11.9. The van der Waals surface area contributed by atoms with Crippen LogP contribution in [0.15, 0.2) is 22.8 Å². The Hall–Kier alpha value is -2.31. The van der Waals surface area contributed by atoms with Gasteiger partial charge in [0, 0.05) is 5.92 Å². The van der Waals surface area contributed by atoms with E-state index in [4.69, 9.17) is 9.15 Å². The van der Waals surface area contributed by atoms with Crippen molar-refractivity contribution in [1.29, 1.82) is 0 Å². The quantitative estimate of drug-likeness (QED) is 0.734. The predicted molar refractivity (Wildman–Crippen MR) is 81.1 cm³/mol. The van der Waals surface area contributed by atoms with E-state index >= 15 is 0 Å². The molecule has 0 radical (unpaired) electrons. The van der Waals surface area contributed by atoms with Gasteiger partial charge in [-0.05, 0) is 25.0 Å². The molecule has 2 rings (SSSR count). The van der Waals surface area contributed by atoms with Crippen molar-refractivity contribution >= 4 is 17.8 Å². The molecule has 0 saturated heterocycles. The van der Waals surface area contributed by atoms with Gasteiger partial charge in [-0.2, -0.15) is 0 Å². The average molecular weight is 322 g/mol. The standard InChI is InChI=1S/C16H22N2O5/c19-14(17-9-13-7-4-8-22-13)11-23-15(20)10-18-16(21)12-5-2-1-3-6-12/h4,7-8,12H,1-3,5-6,9-11H2,(H,17,19)(H,18,21). The summed E-state index contributed by atoms with van der Waals surface area (Å²) in [7, 11) is 0. The first-order valence-corrected chi connectivity index (χ1v) is 7.87. The Morgan fingerprint density at radius 2 is 1.96 bits per heavy atom. The van der Waals surface area contributed by atoms with Gasteiger partial charge in [-0.15, -0.1) is 0 Å². The number of ether oxygens (including phenoxy) is 1. The number of rotatable bonds is 7. The number of nitrogens with one attached hydrogen (secondary N) is 2. The second-order valence-corrected chi connectivity index (χ2v) is 5.57. The zero-order chi connectivity index (χ0) is 16.5. The molecule has 0 atom stereocenters. The third kappa shape index (κ3) is 6.14. The van der Waals surface area contributed by atoms with Crippen LogP contribution >= 0.6 is 0 Å². The molecule has 7 nitrogen and oxygen atoms in total. The summed E-state index contributed by atoms with van der Waals surface area (Å²) in [6, 6.07) is 3.45. The highest BCUT2D eigenvalue weighted by atomic mass is 16.5. The highest BCUT2D eigenvalue weighted by molar-refractivity contribution is 5.85. The minimum Gasteiger partial charge on any atom is -0.467 e. The third-order valence-corrected chi connectivity index (χ3v) is 3.79. The highest BCUT2D eigenvalue weighted by Crippen LogP contribution is 2.23. The largest absolute Gasteiger partial charge is 0.467 e. The number of carbonyl (C=O) groups excluding carboxylic acids is 3. The third-order valence-electron chi connectivity index (χ3n) is 3.79. The van der Waals surface area contributed by atoms with Crippen LogP contribution in [0, 0.1) is 5.92 Å². The first kappa shape index (κ1) is 17.1. The van der Waals surface area contributed by atoms with E-state index in [1.165, 1.54) is 12.7 Å². The van der Waals surface area contributed by atoms with Crippen LogP contribution in [0.4, 0.5) is 0 Å². The van der Waals surface area contributed by atoms with Gasteiger partial charge in [0.05, 0.1) is 12.8 Å². The molecule has 2 N–H and O–H groups in total. The first-order valence-electron chi connectivity index (χ1n) is 7.87. The van der Waals surface area contributed by atoms with Gasteiger partial charge in [0.1, 0.15) is 12.3 Å². The zero-order valence-corrected chi connectivity index (χ0v) is 13.0. The molecule has 1 aliphatic rings. The molecule has 23 heavy (non-hydrogen) atoms. The fourth-order valence-corrected chi connectivity index (χ4v) is 2.52. The minimum absolute atomic E-state index is 0.00635. The monoisotopic (exact) mass is 322 g/mol. The van der Waals surface area contributed by atoms with Crippen LogP contribution in [0.2, 0.25) is 0 Å². The molecule has 0 bridgehead atoms. The highest BCUT2D eigenvalue weighted by Gasteiger charge is 2.21. The van der Waals surface area contributed by atoms with Crippen molar-refractivity contribution in [2.24, 2.45) is 5.92 Å². The molecule has 0 unspecified atom stereocenters. The van der Waals surface area contributed by atoms with Crippen molar-refractivity contribution in [3.63, 3.8) is 0 Å². The Morgan fingerprint density at radius 3 is 2.65 bits per heavy atom. The minimum atomic E-state index is -0.623. The van der Waals surface area contributed by atoms with E-state index in [0.717, 1.165) is 25.7 Å². The van der Waals surface area contributed by atoms with E-state index in [9.17, 15) is 14.4 Å². The lowest BCUT2D eigenvalue weighted by Gasteiger charge is -2.20. The van der Waals surface area contributed by atoms with Gasteiger partial charge in [-0.3, -0.25) is 14.4 Å². The Balaban J connectivity index is 1.57. The molecule has 1 aromatic rings. The Bertz CT molecular complexity index is 521. The predicted octanol–water partition coefficient (Wildman–Crippen LogP) is 1.14. The molecule has 7 heteroatoms. The van der Waals surface area contributed by atoms with Gasteiger partial charge in [-0.1, -0.05) is 19.3 Å². The van der Waals surface area contributed by atoms with E-state index in [-0.39, 0.29) is 31.5 Å². The van der Waals surface area contributed by atoms with Crippen LogP contribution in [0.25, 0.3) is 0 Å². The number of hydrogen-bond donors (Lipinski definition) is 2. The molecule has 0 aliphatic heterocycles. The summed E-state index contributed by atoms with van der Waals surface area (Å²) >= 11 is 0. The second-order valence-electron chi connectivity index (χ2n) is 5.57. The summed E-state index contributed by atoms with van der Waals surface area (Å²) in [6.45, 7) is -0.346. The van der Waals surface area contributed by atoms with Crippen molar-refractivity contribution in [2.75, 3.05) is 13.2 Å². The smallest absolute Gasteiger partial charge is 0.325 e. The maximum Gasteiger partial charge on any atom is 0.325 e. The fraction of sp³-hybridized carbons (Fsp3) is 0.562. The van der Waals surface area contributed by atoms with Gasteiger partial charge in [0.2, 0.25) is 5.91 Å². The van der Waals surface area contributed by atoms with Crippen LogP contribution in [0.3, 0.4) is 0 Å². The number of carbonyl (C=O) groups is 3. The van der Waals surface area contributed by atoms with E-state index in [1.54, 1.807) is 12.1 Å². The van der Waals surface area contributed by atoms with Crippen molar-refractivity contribution < 1.29 is 23.5 Å². The normalized spacial score (nSPS) is 15.0. The second kappa shape index (κ2) is 8.97. The van der Waals surface area contributed by atoms with Crippen LogP contribution < -0.4 is 10.6 Å². The number of esters is 1. The lowest BCUT2D eigenvalue weighted by atomic mass is 9.89. The van der Waals surface area contributed by atoms with Gasteiger partial charge >= 0.3 is 5.97 Å². The van der Waals surface area contributed by atoms with E-state index < -0.39 is 11.9 Å². The summed E-state index contributed by atoms with van der Waals surface area (Å²) in [5.41, 5.74) is 0. The van der Waals surface area contributed by atoms with Crippen molar-refractivity contribution in [2.45, 2.75) is 38.6 Å². The summed E-state index contributed by atoms with van der Waals surface area (Å²) in [6.07, 6.45) is 6.53. The summed E-state index contributed by atoms with van der Waals surface area (Å²) in [4.78, 5) is 34.9. The van der Waals surface area contributed by atoms with Gasteiger partial charge in [0.25, 0.3) is 5.91 Å².